The van der Waals surface area contributed by atoms with E-state index in [0.29, 0.717) is 18.2 Å². The Bertz CT molecular complexity index is 558. The van der Waals surface area contributed by atoms with E-state index in [-0.39, 0.29) is 18.4 Å². The molecule has 1 heterocycles. The van der Waals surface area contributed by atoms with Gasteiger partial charge in [-0.3, -0.25) is 0 Å². The minimum absolute atomic E-state index is 0. The SMILES string of the molecule is Cl.O=S(=O)(CC1CC1)NCC1NCCc2ccccc21. The topological polar surface area (TPSA) is 58.2 Å². The van der Waals surface area contributed by atoms with Crippen LogP contribution in [0, 0.1) is 5.92 Å². The van der Waals surface area contributed by atoms with Gasteiger partial charge in [0.25, 0.3) is 0 Å². The third kappa shape index (κ3) is 3.95. The van der Waals surface area contributed by atoms with Gasteiger partial charge in [0, 0.05) is 12.6 Å². The fourth-order valence-electron chi connectivity index (χ4n) is 2.64. The predicted octanol–water partition coefficient (Wildman–Crippen LogP) is 1.62. The van der Waals surface area contributed by atoms with E-state index >= 15 is 0 Å². The summed E-state index contributed by atoms with van der Waals surface area (Å²) in [5.74, 6) is 0.686. The molecule has 4 nitrogen and oxygen atoms in total. The van der Waals surface area contributed by atoms with Crippen molar-refractivity contribution in [2.24, 2.45) is 5.92 Å². The molecule has 1 aliphatic heterocycles. The van der Waals surface area contributed by atoms with Crippen molar-refractivity contribution < 1.29 is 8.42 Å². The standard InChI is InChI=1S/C14H20N2O2S.ClH/c17-19(18,10-11-5-6-11)16-9-14-13-4-2-1-3-12(13)7-8-15-14;/h1-4,11,14-16H,5-10H2;1H. The van der Waals surface area contributed by atoms with E-state index in [2.05, 4.69) is 22.2 Å². The van der Waals surface area contributed by atoms with E-state index in [4.69, 9.17) is 0 Å². The molecule has 1 saturated carbocycles. The molecule has 0 bridgehead atoms. The van der Waals surface area contributed by atoms with Gasteiger partial charge in [-0.15, -0.1) is 12.4 Å². The molecule has 112 valence electrons. The molecule has 0 spiro atoms. The molecule has 2 aliphatic rings. The Morgan fingerprint density at radius 3 is 2.75 bits per heavy atom. The molecule has 1 aromatic rings. The predicted molar refractivity (Wildman–Crippen MR) is 82.7 cm³/mol. The zero-order chi connectivity index (χ0) is 13.3. The number of nitrogens with one attached hydrogen (secondary N) is 2. The lowest BCUT2D eigenvalue weighted by Crippen LogP contribution is -2.39. The van der Waals surface area contributed by atoms with Crippen LogP contribution < -0.4 is 10.0 Å². The van der Waals surface area contributed by atoms with Crippen molar-refractivity contribution in [3.8, 4) is 0 Å². The van der Waals surface area contributed by atoms with Crippen molar-refractivity contribution in [3.05, 3.63) is 35.4 Å². The van der Waals surface area contributed by atoms with Crippen LogP contribution in [-0.4, -0.2) is 27.3 Å². The van der Waals surface area contributed by atoms with Crippen LogP contribution >= 0.6 is 12.4 Å². The second-order valence-corrected chi connectivity index (χ2v) is 7.38. The molecule has 0 aromatic heterocycles. The maximum absolute atomic E-state index is 11.9. The number of fused-ring (bicyclic) bond motifs is 1. The van der Waals surface area contributed by atoms with Gasteiger partial charge in [0.1, 0.15) is 0 Å². The molecule has 1 fully saturated rings. The fraction of sp³-hybridized carbons (Fsp3) is 0.571. The van der Waals surface area contributed by atoms with Crippen molar-refractivity contribution >= 4 is 22.4 Å². The van der Waals surface area contributed by atoms with Crippen LogP contribution in [0.2, 0.25) is 0 Å². The summed E-state index contributed by atoms with van der Waals surface area (Å²) >= 11 is 0. The molecule has 0 amide bonds. The zero-order valence-electron chi connectivity index (χ0n) is 11.3. The Hall–Kier alpha value is -0.620. The number of sulfonamides is 1. The first kappa shape index (κ1) is 15.8. The van der Waals surface area contributed by atoms with E-state index in [0.717, 1.165) is 25.8 Å². The number of benzene rings is 1. The van der Waals surface area contributed by atoms with Crippen molar-refractivity contribution in [2.45, 2.75) is 25.3 Å². The summed E-state index contributed by atoms with van der Waals surface area (Å²) in [6.45, 7) is 1.36. The number of rotatable bonds is 5. The van der Waals surface area contributed by atoms with Gasteiger partial charge in [0.2, 0.25) is 10.0 Å². The lowest BCUT2D eigenvalue weighted by Gasteiger charge is -2.27. The largest absolute Gasteiger partial charge is 0.308 e. The van der Waals surface area contributed by atoms with Gasteiger partial charge in [-0.2, -0.15) is 0 Å². The van der Waals surface area contributed by atoms with Crippen LogP contribution in [-0.2, 0) is 16.4 Å². The summed E-state index contributed by atoms with van der Waals surface area (Å²) in [4.78, 5) is 0. The second-order valence-electron chi connectivity index (χ2n) is 5.53. The number of hydrogen-bond donors (Lipinski definition) is 2. The highest BCUT2D eigenvalue weighted by Gasteiger charge is 2.28. The molecule has 0 radical (unpaired) electrons. The summed E-state index contributed by atoms with van der Waals surface area (Å²) in [6, 6.07) is 8.36. The minimum atomic E-state index is -3.11. The fourth-order valence-corrected chi connectivity index (χ4v) is 4.13. The first-order chi connectivity index (χ1) is 9.14. The molecule has 1 atom stereocenters. The molecule has 2 N–H and O–H groups in total. The highest BCUT2D eigenvalue weighted by Crippen LogP contribution is 2.30. The Balaban J connectivity index is 0.00000147. The van der Waals surface area contributed by atoms with Gasteiger partial charge in [-0.1, -0.05) is 24.3 Å². The van der Waals surface area contributed by atoms with Crippen LogP contribution in [0.4, 0.5) is 0 Å². The van der Waals surface area contributed by atoms with E-state index in [1.807, 2.05) is 12.1 Å². The van der Waals surface area contributed by atoms with E-state index in [1.54, 1.807) is 0 Å². The van der Waals surface area contributed by atoms with Gasteiger partial charge < -0.3 is 5.32 Å². The highest BCUT2D eigenvalue weighted by atomic mass is 35.5. The summed E-state index contributed by atoms with van der Waals surface area (Å²) in [5.41, 5.74) is 2.55. The van der Waals surface area contributed by atoms with Crippen LogP contribution in [0.15, 0.2) is 24.3 Å². The lowest BCUT2D eigenvalue weighted by molar-refractivity contribution is 0.491. The van der Waals surface area contributed by atoms with Crippen molar-refractivity contribution in [1.82, 2.24) is 10.0 Å². The summed E-state index contributed by atoms with van der Waals surface area (Å²) in [5, 5.41) is 3.39. The van der Waals surface area contributed by atoms with Crippen molar-refractivity contribution in [3.63, 3.8) is 0 Å². The normalized spacial score (nSPS) is 21.9. The quantitative estimate of drug-likeness (QED) is 0.868. The third-order valence-corrected chi connectivity index (χ3v) is 5.39. The Morgan fingerprint density at radius 1 is 1.25 bits per heavy atom. The molecule has 20 heavy (non-hydrogen) atoms. The third-order valence-electron chi connectivity index (χ3n) is 3.87. The van der Waals surface area contributed by atoms with Gasteiger partial charge in [0.05, 0.1) is 5.75 Å². The number of halogens is 1. The molecule has 1 aromatic carbocycles. The van der Waals surface area contributed by atoms with Crippen LogP contribution in [0.5, 0.6) is 0 Å². The maximum Gasteiger partial charge on any atom is 0.211 e. The maximum atomic E-state index is 11.9. The van der Waals surface area contributed by atoms with Crippen LogP contribution in [0.3, 0.4) is 0 Å². The molecule has 6 heteroatoms. The molecule has 3 rings (SSSR count). The average Bonchev–Trinajstić information content (AvgIpc) is 3.19. The van der Waals surface area contributed by atoms with Gasteiger partial charge in [-0.25, -0.2) is 13.1 Å². The minimum Gasteiger partial charge on any atom is -0.308 e. The van der Waals surface area contributed by atoms with Crippen molar-refractivity contribution in [1.29, 1.82) is 0 Å². The lowest BCUT2D eigenvalue weighted by atomic mass is 9.95. The second kappa shape index (κ2) is 6.43. The first-order valence-electron chi connectivity index (χ1n) is 6.92. The van der Waals surface area contributed by atoms with Gasteiger partial charge in [0.15, 0.2) is 0 Å². The summed E-state index contributed by atoms with van der Waals surface area (Å²) in [6.07, 6.45) is 3.14. The monoisotopic (exact) mass is 316 g/mol. The Kier molecular flexibility index (Phi) is 5.07. The summed E-state index contributed by atoms with van der Waals surface area (Å²) < 4.78 is 26.5. The van der Waals surface area contributed by atoms with Crippen LogP contribution in [0.1, 0.15) is 30.0 Å². The molecule has 1 unspecified atom stereocenters. The van der Waals surface area contributed by atoms with Crippen molar-refractivity contribution in [2.75, 3.05) is 18.8 Å². The summed E-state index contributed by atoms with van der Waals surface area (Å²) in [7, 11) is -3.11. The number of hydrogen-bond acceptors (Lipinski definition) is 3. The average molecular weight is 317 g/mol. The smallest absolute Gasteiger partial charge is 0.211 e. The highest BCUT2D eigenvalue weighted by molar-refractivity contribution is 7.89. The van der Waals surface area contributed by atoms with E-state index in [9.17, 15) is 8.42 Å². The molecule has 0 saturated heterocycles. The van der Waals surface area contributed by atoms with Gasteiger partial charge in [-0.05, 0) is 42.9 Å². The van der Waals surface area contributed by atoms with E-state index in [1.165, 1.54) is 11.1 Å². The van der Waals surface area contributed by atoms with E-state index < -0.39 is 10.0 Å². The van der Waals surface area contributed by atoms with Gasteiger partial charge >= 0.3 is 0 Å². The molecule has 1 aliphatic carbocycles. The molecular formula is C14H21ClN2O2S. The molecular weight excluding hydrogens is 296 g/mol. The Labute approximate surface area is 126 Å². The first-order valence-corrected chi connectivity index (χ1v) is 8.58. The Morgan fingerprint density at radius 2 is 2.00 bits per heavy atom. The zero-order valence-corrected chi connectivity index (χ0v) is 13.0. The van der Waals surface area contributed by atoms with Crippen LogP contribution in [0.25, 0.3) is 0 Å².